The van der Waals surface area contributed by atoms with E-state index < -0.39 is 5.72 Å². The molecule has 6 atom stereocenters. The van der Waals surface area contributed by atoms with E-state index in [4.69, 9.17) is 9.47 Å². The van der Waals surface area contributed by atoms with Crippen LogP contribution in [0, 0.1) is 11.8 Å². The van der Waals surface area contributed by atoms with E-state index in [2.05, 4.69) is 36.1 Å². The number of carbonyl (C=O) groups is 2. The van der Waals surface area contributed by atoms with Crippen LogP contribution >= 0.6 is 0 Å². The highest BCUT2D eigenvalue weighted by molar-refractivity contribution is 6.00. The highest BCUT2D eigenvalue weighted by atomic mass is 16.6. The maximum absolute atomic E-state index is 13.8. The number of rotatable bonds is 4. The Morgan fingerprint density at radius 2 is 2.19 bits per heavy atom. The fraction of sp³-hybridized carbons (Fsp3) is 0.615. The minimum atomic E-state index is -0.992. The van der Waals surface area contributed by atoms with E-state index in [1.807, 2.05) is 11.0 Å². The van der Waals surface area contributed by atoms with Gasteiger partial charge in [0.2, 0.25) is 11.6 Å². The van der Waals surface area contributed by atoms with Crippen LogP contribution in [0.2, 0.25) is 0 Å². The zero-order chi connectivity index (χ0) is 21.7. The number of unbranched alkanes of at least 4 members (excludes halogenated alkanes) is 1. The summed E-state index contributed by atoms with van der Waals surface area (Å²) in [6.45, 7) is 4.57. The number of amides is 1. The maximum atomic E-state index is 13.8. The molecular weight excluding hydrogens is 404 g/mol. The van der Waals surface area contributed by atoms with E-state index >= 15 is 0 Å². The van der Waals surface area contributed by atoms with Crippen molar-refractivity contribution in [3.05, 3.63) is 41.5 Å². The highest BCUT2D eigenvalue weighted by Crippen LogP contribution is 2.71. The number of carbonyl (C=O) groups excluding carboxylic acids is 2. The molecule has 0 N–H and O–H groups in total. The summed E-state index contributed by atoms with van der Waals surface area (Å²) in [5, 5.41) is 0. The lowest BCUT2D eigenvalue weighted by atomic mass is 9.51. The molecule has 1 spiro atoms. The summed E-state index contributed by atoms with van der Waals surface area (Å²) in [6, 6.07) is 8.60. The van der Waals surface area contributed by atoms with Crippen molar-refractivity contribution in [2.24, 2.45) is 11.8 Å². The highest BCUT2D eigenvalue weighted by Gasteiger charge is 2.81. The van der Waals surface area contributed by atoms with Crippen LogP contribution in [-0.2, 0) is 24.5 Å². The van der Waals surface area contributed by atoms with Crippen LogP contribution in [0.5, 0.6) is 0 Å². The molecule has 1 amide bonds. The zero-order valence-corrected chi connectivity index (χ0v) is 18.6. The molecule has 5 aliphatic heterocycles. The number of anilines is 1. The first kappa shape index (κ1) is 19.3. The standard InChI is InChI=1S/C26H30N2O4/c1-2-3-8-23(30)32-26-24-17-13-21-25(26)10-11-27(21)15-16(17)9-12-31-20(24)14-22(29)28(26)19-7-5-4-6-18(19)25/h4-7,9,17,20-21,24H,2-3,8,10-15H2,1H3/t17-,20?,21-,24+,25+,26?/m0/s1. The Hall–Kier alpha value is -2.18. The Balaban J connectivity index is 1.51. The van der Waals surface area contributed by atoms with Gasteiger partial charge in [0.25, 0.3) is 0 Å². The van der Waals surface area contributed by atoms with Gasteiger partial charge < -0.3 is 9.47 Å². The van der Waals surface area contributed by atoms with Crippen LogP contribution in [0.25, 0.3) is 0 Å². The predicted octanol–water partition coefficient (Wildman–Crippen LogP) is 3.15. The minimum Gasteiger partial charge on any atom is -0.437 e. The molecule has 1 saturated carbocycles. The van der Waals surface area contributed by atoms with Gasteiger partial charge in [-0.1, -0.05) is 43.2 Å². The Kier molecular flexibility index (Phi) is 3.89. The number of esters is 1. The zero-order valence-electron chi connectivity index (χ0n) is 18.6. The largest absolute Gasteiger partial charge is 0.437 e. The minimum absolute atomic E-state index is 0.0246. The van der Waals surface area contributed by atoms with Crippen molar-refractivity contribution in [1.29, 1.82) is 0 Å². The topological polar surface area (TPSA) is 59.1 Å². The van der Waals surface area contributed by atoms with Crippen LogP contribution < -0.4 is 4.90 Å². The summed E-state index contributed by atoms with van der Waals surface area (Å²) in [6.07, 6.45) is 6.49. The van der Waals surface area contributed by atoms with Crippen LogP contribution in [0.3, 0.4) is 0 Å². The normalized spacial score (nSPS) is 40.6. The predicted molar refractivity (Wildman–Crippen MR) is 118 cm³/mol. The van der Waals surface area contributed by atoms with E-state index in [0.717, 1.165) is 44.5 Å². The van der Waals surface area contributed by atoms with E-state index in [1.165, 1.54) is 11.1 Å². The Morgan fingerprint density at radius 1 is 1.31 bits per heavy atom. The number of fused-ring (bicyclic) bond motifs is 2. The lowest BCUT2D eigenvalue weighted by Gasteiger charge is -2.64. The van der Waals surface area contributed by atoms with Crippen molar-refractivity contribution in [3.8, 4) is 0 Å². The molecule has 168 valence electrons. The third-order valence-electron chi connectivity index (χ3n) is 9.31. The number of piperidine rings is 2. The van der Waals surface area contributed by atoms with Gasteiger partial charge in [-0.05, 0) is 43.4 Å². The second-order valence-corrected chi connectivity index (χ2v) is 10.5. The van der Waals surface area contributed by atoms with Gasteiger partial charge in [-0.2, -0.15) is 0 Å². The molecule has 6 nitrogen and oxygen atoms in total. The molecule has 0 radical (unpaired) electrons. The van der Waals surface area contributed by atoms with Crippen LogP contribution in [0.4, 0.5) is 5.69 Å². The van der Waals surface area contributed by atoms with Gasteiger partial charge in [-0.25, -0.2) is 0 Å². The number of ether oxygens (including phenoxy) is 2. The van der Waals surface area contributed by atoms with Crippen molar-refractivity contribution >= 4 is 17.6 Å². The summed E-state index contributed by atoms with van der Waals surface area (Å²) in [4.78, 5) is 31.6. The number of nitrogens with zero attached hydrogens (tertiary/aromatic N) is 2. The first-order chi connectivity index (χ1) is 15.6. The molecule has 1 aromatic carbocycles. The smallest absolute Gasteiger partial charge is 0.307 e. The molecule has 2 bridgehead atoms. The average Bonchev–Trinajstić information content (AvgIpc) is 3.22. The molecule has 3 saturated heterocycles. The van der Waals surface area contributed by atoms with Crippen molar-refractivity contribution in [2.75, 3.05) is 24.6 Å². The van der Waals surface area contributed by atoms with Gasteiger partial charge in [0.1, 0.15) is 0 Å². The van der Waals surface area contributed by atoms with Gasteiger partial charge >= 0.3 is 5.97 Å². The fourth-order valence-electron chi connectivity index (χ4n) is 8.31. The molecule has 0 aromatic heterocycles. The maximum Gasteiger partial charge on any atom is 0.307 e. The van der Waals surface area contributed by atoms with Gasteiger partial charge in [-0.3, -0.25) is 19.4 Å². The molecule has 5 heterocycles. The SMILES string of the molecule is CCCCC(=O)OC12[C@H]3C4CC(=O)N1c1ccccc1[C@@]21CCN2CC(=CCO4)[C@@H]3C[C@H]21. The average molecular weight is 435 g/mol. The van der Waals surface area contributed by atoms with Crippen molar-refractivity contribution in [3.63, 3.8) is 0 Å². The van der Waals surface area contributed by atoms with Gasteiger partial charge in [-0.15, -0.1) is 0 Å². The third kappa shape index (κ3) is 2.05. The molecule has 1 aromatic rings. The third-order valence-corrected chi connectivity index (χ3v) is 9.31. The molecule has 2 unspecified atom stereocenters. The summed E-state index contributed by atoms with van der Waals surface area (Å²) < 4.78 is 13.1. The lowest BCUT2D eigenvalue weighted by molar-refractivity contribution is -0.220. The molecular formula is C26H30N2O4. The molecule has 6 heteroatoms. The van der Waals surface area contributed by atoms with Gasteiger partial charge in [0, 0.05) is 19.0 Å². The number of hydrogen-bond acceptors (Lipinski definition) is 5. The molecule has 1 aliphatic carbocycles. The first-order valence-electron chi connectivity index (χ1n) is 12.3. The van der Waals surface area contributed by atoms with E-state index in [-0.39, 0.29) is 35.4 Å². The summed E-state index contributed by atoms with van der Waals surface area (Å²) in [5.41, 5.74) is 2.18. The fourth-order valence-corrected chi connectivity index (χ4v) is 8.31. The first-order valence-corrected chi connectivity index (χ1v) is 12.3. The Bertz CT molecular complexity index is 1050. The van der Waals surface area contributed by atoms with Crippen molar-refractivity contribution in [1.82, 2.24) is 4.90 Å². The summed E-state index contributed by atoms with van der Waals surface area (Å²) in [5.74, 6) is 0.119. The Morgan fingerprint density at radius 3 is 3.06 bits per heavy atom. The van der Waals surface area contributed by atoms with E-state index in [0.29, 0.717) is 25.4 Å². The van der Waals surface area contributed by atoms with Crippen LogP contribution in [0.15, 0.2) is 35.9 Å². The number of hydrogen-bond donors (Lipinski definition) is 0. The van der Waals surface area contributed by atoms with Gasteiger partial charge in [0.05, 0.1) is 36.2 Å². The molecule has 4 fully saturated rings. The second-order valence-electron chi connectivity index (χ2n) is 10.5. The molecule has 7 rings (SSSR count). The van der Waals surface area contributed by atoms with Crippen LogP contribution in [-0.4, -0.2) is 54.3 Å². The van der Waals surface area contributed by atoms with Gasteiger partial charge in [0.15, 0.2) is 0 Å². The quantitative estimate of drug-likeness (QED) is 0.538. The van der Waals surface area contributed by atoms with Crippen molar-refractivity contribution in [2.45, 2.75) is 68.7 Å². The second kappa shape index (κ2) is 6.45. The van der Waals surface area contributed by atoms with Crippen LogP contribution in [0.1, 0.15) is 51.0 Å². The summed E-state index contributed by atoms with van der Waals surface area (Å²) >= 11 is 0. The van der Waals surface area contributed by atoms with Crippen molar-refractivity contribution < 1.29 is 19.1 Å². The lowest BCUT2D eigenvalue weighted by Crippen LogP contribution is -2.78. The number of para-hydroxylation sites is 1. The number of benzene rings is 1. The summed E-state index contributed by atoms with van der Waals surface area (Å²) in [7, 11) is 0. The molecule has 6 aliphatic rings. The van der Waals surface area contributed by atoms with E-state index in [1.54, 1.807) is 0 Å². The molecule has 32 heavy (non-hydrogen) atoms. The monoisotopic (exact) mass is 434 g/mol. The Labute approximate surface area is 188 Å². The van der Waals surface area contributed by atoms with E-state index in [9.17, 15) is 9.59 Å².